The van der Waals surface area contributed by atoms with Crippen molar-refractivity contribution >= 4 is 21.7 Å². The van der Waals surface area contributed by atoms with Gasteiger partial charge in [0, 0.05) is 25.4 Å². The van der Waals surface area contributed by atoms with Crippen LogP contribution in [0.2, 0.25) is 0 Å². The van der Waals surface area contributed by atoms with Crippen LogP contribution in [0.3, 0.4) is 0 Å². The lowest BCUT2D eigenvalue weighted by Gasteiger charge is -2.24. The van der Waals surface area contributed by atoms with Crippen molar-refractivity contribution in [2.75, 3.05) is 31.6 Å². The third kappa shape index (κ3) is 3.63. The Labute approximate surface area is 138 Å². The number of amides is 1. The highest BCUT2D eigenvalue weighted by Crippen LogP contribution is 2.15. The van der Waals surface area contributed by atoms with Gasteiger partial charge in [-0.25, -0.2) is 13.4 Å². The molecule has 0 unspecified atom stereocenters. The first-order chi connectivity index (χ1) is 11.4. The standard InChI is InChI=1S/C13H17N5O5S/c1-10-6-11(16-23-10)15-12(19)7-17-8-13(14-9-17)24(20,21)18-2-4-22-5-3-18/h6,8-9H,2-5,7H2,1H3,(H,15,16,19). The van der Waals surface area contributed by atoms with Gasteiger partial charge in [-0.3, -0.25) is 4.79 Å². The average Bonchev–Trinajstić information content (AvgIpc) is 3.18. The Hall–Kier alpha value is -2.24. The van der Waals surface area contributed by atoms with Gasteiger partial charge in [-0.2, -0.15) is 4.31 Å². The second kappa shape index (κ2) is 6.71. The van der Waals surface area contributed by atoms with E-state index in [0.29, 0.717) is 37.9 Å². The van der Waals surface area contributed by atoms with Crippen LogP contribution in [-0.4, -0.2) is 59.6 Å². The number of hydrogen-bond donors (Lipinski definition) is 1. The lowest BCUT2D eigenvalue weighted by molar-refractivity contribution is -0.116. The van der Waals surface area contributed by atoms with E-state index in [1.165, 1.54) is 21.4 Å². The lowest BCUT2D eigenvalue weighted by Crippen LogP contribution is -2.40. The highest BCUT2D eigenvalue weighted by Gasteiger charge is 2.28. The Balaban J connectivity index is 1.65. The van der Waals surface area contributed by atoms with E-state index >= 15 is 0 Å². The minimum absolute atomic E-state index is 0.0858. The fourth-order valence-electron chi connectivity index (χ4n) is 2.25. The van der Waals surface area contributed by atoms with Gasteiger partial charge in [-0.1, -0.05) is 5.16 Å². The molecule has 130 valence electrons. The molecule has 1 aliphatic heterocycles. The van der Waals surface area contributed by atoms with E-state index in [1.807, 2.05) is 0 Å². The summed E-state index contributed by atoms with van der Waals surface area (Å²) in [7, 11) is -3.67. The molecule has 2 aromatic rings. The topological polar surface area (TPSA) is 120 Å². The fraction of sp³-hybridized carbons (Fsp3) is 0.462. The number of hydrogen-bond acceptors (Lipinski definition) is 7. The normalized spacial score (nSPS) is 16.2. The van der Waals surface area contributed by atoms with Gasteiger partial charge < -0.3 is 19.1 Å². The SMILES string of the molecule is Cc1cc(NC(=O)Cn2cnc(S(=O)(=O)N3CCOCC3)c2)no1. The molecule has 1 N–H and O–H groups in total. The van der Waals surface area contributed by atoms with Gasteiger partial charge in [-0.05, 0) is 6.92 Å². The number of imidazole rings is 1. The first kappa shape index (κ1) is 16.6. The zero-order chi connectivity index (χ0) is 17.2. The van der Waals surface area contributed by atoms with Gasteiger partial charge in [-0.15, -0.1) is 0 Å². The van der Waals surface area contributed by atoms with Gasteiger partial charge in [0.25, 0.3) is 10.0 Å². The minimum atomic E-state index is -3.67. The highest BCUT2D eigenvalue weighted by molar-refractivity contribution is 7.89. The summed E-state index contributed by atoms with van der Waals surface area (Å²) in [4.78, 5) is 15.8. The van der Waals surface area contributed by atoms with E-state index in [2.05, 4.69) is 15.5 Å². The van der Waals surface area contributed by atoms with Gasteiger partial charge in [0.15, 0.2) is 10.8 Å². The zero-order valence-corrected chi connectivity index (χ0v) is 13.8. The van der Waals surface area contributed by atoms with E-state index < -0.39 is 10.0 Å². The Morgan fingerprint density at radius 3 is 2.79 bits per heavy atom. The van der Waals surface area contributed by atoms with Crippen LogP contribution in [0.1, 0.15) is 5.76 Å². The second-order valence-corrected chi connectivity index (χ2v) is 7.16. The molecule has 0 atom stereocenters. The molecule has 3 rings (SSSR count). The summed E-state index contributed by atoms with van der Waals surface area (Å²) >= 11 is 0. The number of carbonyl (C=O) groups is 1. The van der Waals surface area contributed by atoms with Gasteiger partial charge in [0.1, 0.15) is 12.3 Å². The first-order valence-electron chi connectivity index (χ1n) is 7.28. The quantitative estimate of drug-likeness (QED) is 0.791. The van der Waals surface area contributed by atoms with Crippen LogP contribution >= 0.6 is 0 Å². The summed E-state index contributed by atoms with van der Waals surface area (Å²) in [6.45, 7) is 2.93. The molecule has 0 bridgehead atoms. The van der Waals surface area contributed by atoms with Crippen LogP contribution in [0.4, 0.5) is 5.82 Å². The molecule has 0 aromatic carbocycles. The molecule has 10 nitrogen and oxygen atoms in total. The predicted octanol–water partition coefficient (Wildman–Crippen LogP) is -0.161. The Bertz CT molecular complexity index is 821. The number of rotatable bonds is 5. The smallest absolute Gasteiger partial charge is 0.262 e. The van der Waals surface area contributed by atoms with Gasteiger partial charge in [0.05, 0.1) is 19.5 Å². The van der Waals surface area contributed by atoms with Crippen LogP contribution in [0.25, 0.3) is 0 Å². The van der Waals surface area contributed by atoms with Crippen molar-refractivity contribution in [3.8, 4) is 0 Å². The van der Waals surface area contributed by atoms with Crippen molar-refractivity contribution in [2.24, 2.45) is 0 Å². The second-order valence-electron chi connectivity index (χ2n) is 5.27. The Morgan fingerprint density at radius 1 is 1.38 bits per heavy atom. The van der Waals surface area contributed by atoms with Crippen molar-refractivity contribution in [1.29, 1.82) is 0 Å². The molecule has 0 saturated carbocycles. The molecule has 0 radical (unpaired) electrons. The fourth-order valence-corrected chi connectivity index (χ4v) is 3.60. The van der Waals surface area contributed by atoms with Crippen LogP contribution in [0, 0.1) is 6.92 Å². The molecule has 0 aliphatic carbocycles. The molecule has 1 fully saturated rings. The lowest BCUT2D eigenvalue weighted by atomic mass is 10.4. The van der Waals surface area contributed by atoms with Crippen molar-refractivity contribution in [3.63, 3.8) is 0 Å². The Kier molecular flexibility index (Phi) is 4.64. The van der Waals surface area contributed by atoms with Gasteiger partial charge in [0.2, 0.25) is 5.91 Å². The summed E-state index contributed by atoms with van der Waals surface area (Å²) in [6, 6.07) is 1.58. The number of morpholine rings is 1. The first-order valence-corrected chi connectivity index (χ1v) is 8.72. The number of sulfonamides is 1. The number of carbonyl (C=O) groups excluding carboxylic acids is 1. The highest BCUT2D eigenvalue weighted by atomic mass is 32.2. The van der Waals surface area contributed by atoms with E-state index in [0.717, 1.165) is 0 Å². The molecule has 2 aromatic heterocycles. The molecular weight excluding hydrogens is 338 g/mol. The molecule has 1 aliphatic rings. The zero-order valence-electron chi connectivity index (χ0n) is 13.0. The summed E-state index contributed by atoms with van der Waals surface area (Å²) in [5.74, 6) is 0.515. The van der Waals surface area contributed by atoms with Crippen molar-refractivity contribution < 1.29 is 22.5 Å². The monoisotopic (exact) mass is 355 g/mol. The molecule has 1 amide bonds. The summed E-state index contributed by atoms with van der Waals surface area (Å²) in [5, 5.41) is 6.12. The number of nitrogens with zero attached hydrogens (tertiary/aromatic N) is 4. The number of anilines is 1. The maximum absolute atomic E-state index is 12.5. The maximum atomic E-state index is 12.5. The van der Waals surface area contributed by atoms with Crippen LogP contribution < -0.4 is 5.32 Å². The number of ether oxygens (including phenoxy) is 1. The van der Waals surface area contributed by atoms with E-state index in [9.17, 15) is 13.2 Å². The molecule has 11 heteroatoms. The molecule has 3 heterocycles. The summed E-state index contributed by atoms with van der Waals surface area (Å²) < 4.78 is 37.6. The largest absolute Gasteiger partial charge is 0.379 e. The average molecular weight is 355 g/mol. The Morgan fingerprint density at radius 2 is 2.12 bits per heavy atom. The molecule has 0 spiro atoms. The van der Waals surface area contributed by atoms with Crippen molar-refractivity contribution in [1.82, 2.24) is 19.0 Å². The third-order valence-corrected chi connectivity index (χ3v) is 5.19. The van der Waals surface area contributed by atoms with E-state index in [-0.39, 0.29) is 17.5 Å². The summed E-state index contributed by atoms with van der Waals surface area (Å²) in [6.07, 6.45) is 2.64. The number of aryl methyl sites for hydroxylation is 1. The van der Waals surface area contributed by atoms with Crippen LogP contribution in [0.5, 0.6) is 0 Å². The van der Waals surface area contributed by atoms with E-state index in [4.69, 9.17) is 9.26 Å². The van der Waals surface area contributed by atoms with Gasteiger partial charge >= 0.3 is 0 Å². The number of nitrogens with one attached hydrogen (secondary N) is 1. The molecular formula is C13H17N5O5S. The molecule has 24 heavy (non-hydrogen) atoms. The van der Waals surface area contributed by atoms with Crippen molar-refractivity contribution in [2.45, 2.75) is 18.5 Å². The third-order valence-electron chi connectivity index (χ3n) is 3.41. The minimum Gasteiger partial charge on any atom is -0.379 e. The van der Waals surface area contributed by atoms with Crippen LogP contribution in [-0.2, 0) is 26.1 Å². The molecule has 1 saturated heterocycles. The number of aromatic nitrogens is 3. The van der Waals surface area contributed by atoms with Crippen LogP contribution in [0.15, 0.2) is 28.1 Å². The van der Waals surface area contributed by atoms with E-state index in [1.54, 1.807) is 13.0 Å². The maximum Gasteiger partial charge on any atom is 0.262 e. The summed E-state index contributed by atoms with van der Waals surface area (Å²) in [5.41, 5.74) is 0. The van der Waals surface area contributed by atoms with Crippen molar-refractivity contribution in [3.05, 3.63) is 24.4 Å². The predicted molar refractivity (Wildman–Crippen MR) is 81.7 cm³/mol.